The molecule has 32 heavy (non-hydrogen) atoms. The van der Waals surface area contributed by atoms with Gasteiger partial charge in [-0.2, -0.15) is 13.2 Å². The molecule has 2 aromatic rings. The molecule has 176 valence electrons. The fourth-order valence-electron chi connectivity index (χ4n) is 3.34. The summed E-state index contributed by atoms with van der Waals surface area (Å²) in [7, 11) is 2.59. The van der Waals surface area contributed by atoms with Crippen molar-refractivity contribution in [3.8, 4) is 0 Å². The maximum atomic E-state index is 13.8. The quantitative estimate of drug-likeness (QED) is 0.428. The zero-order chi connectivity index (χ0) is 23.6. The normalized spacial score (nSPS) is 15.6. The largest absolute Gasteiger partial charge is 0.468 e. The molecule has 9 heteroatoms. The number of hydrogen-bond acceptors (Lipinski definition) is 6. The zero-order valence-corrected chi connectivity index (χ0v) is 18.0. The number of alkyl halides is 3. The van der Waals surface area contributed by atoms with Crippen LogP contribution in [0.4, 0.5) is 13.2 Å². The Hall–Kier alpha value is -2.46. The lowest BCUT2D eigenvalue weighted by Crippen LogP contribution is -2.56. The molecule has 4 atom stereocenters. The average Bonchev–Trinajstić information content (AvgIpc) is 2.79. The van der Waals surface area contributed by atoms with E-state index in [0.29, 0.717) is 5.56 Å². The molecule has 0 aliphatic rings. The van der Waals surface area contributed by atoms with E-state index in [9.17, 15) is 23.1 Å². The van der Waals surface area contributed by atoms with E-state index in [0.717, 1.165) is 5.56 Å². The van der Waals surface area contributed by atoms with Gasteiger partial charge >= 0.3 is 12.1 Å². The van der Waals surface area contributed by atoms with E-state index in [4.69, 9.17) is 9.47 Å². The number of hydrogen-bond donors (Lipinski definition) is 3. The minimum Gasteiger partial charge on any atom is -0.468 e. The van der Waals surface area contributed by atoms with Crippen LogP contribution in [0.15, 0.2) is 60.7 Å². The van der Waals surface area contributed by atoms with Gasteiger partial charge in [0.15, 0.2) is 0 Å². The van der Waals surface area contributed by atoms with Crippen LogP contribution in [0.5, 0.6) is 0 Å². The Kier molecular flexibility index (Phi) is 10.1. The van der Waals surface area contributed by atoms with E-state index in [1.807, 2.05) is 6.07 Å². The smallest absolute Gasteiger partial charge is 0.406 e. The van der Waals surface area contributed by atoms with Crippen molar-refractivity contribution in [3.63, 3.8) is 0 Å². The third-order valence-corrected chi connectivity index (χ3v) is 5.00. The second-order valence-electron chi connectivity index (χ2n) is 7.35. The van der Waals surface area contributed by atoms with Crippen molar-refractivity contribution >= 4 is 5.97 Å². The highest BCUT2D eigenvalue weighted by atomic mass is 19.4. The Bertz CT molecular complexity index is 806. The van der Waals surface area contributed by atoms with Gasteiger partial charge in [0.1, 0.15) is 12.1 Å². The topological polar surface area (TPSA) is 79.8 Å². The minimum atomic E-state index is -4.73. The van der Waals surface area contributed by atoms with Crippen LogP contribution in [0.3, 0.4) is 0 Å². The van der Waals surface area contributed by atoms with Crippen LogP contribution < -0.4 is 10.6 Å². The fourth-order valence-corrected chi connectivity index (χ4v) is 3.34. The first-order valence-corrected chi connectivity index (χ1v) is 10.2. The molecule has 2 aromatic carbocycles. The Morgan fingerprint density at radius 1 is 1.03 bits per heavy atom. The molecular weight excluding hydrogens is 425 g/mol. The molecule has 0 saturated heterocycles. The SMILES string of the molecule is COC[C@H](N[C@H]([C@@H](O)CN[C@@H](Cc1ccccc1)C(=O)OC)C(F)(F)F)c1ccccc1. The number of ether oxygens (including phenoxy) is 2. The lowest BCUT2D eigenvalue weighted by atomic mass is 10.0. The van der Waals surface area contributed by atoms with E-state index >= 15 is 0 Å². The van der Waals surface area contributed by atoms with Crippen molar-refractivity contribution in [2.45, 2.75) is 36.8 Å². The molecule has 0 amide bonds. The first-order chi connectivity index (χ1) is 15.3. The molecule has 0 fully saturated rings. The van der Waals surface area contributed by atoms with Gasteiger partial charge < -0.3 is 19.9 Å². The first kappa shape index (κ1) is 25.8. The van der Waals surface area contributed by atoms with Crippen LogP contribution in [0.2, 0.25) is 0 Å². The predicted octanol–water partition coefficient (Wildman–Crippen LogP) is 2.63. The molecule has 0 aromatic heterocycles. The summed E-state index contributed by atoms with van der Waals surface area (Å²) in [6.45, 7) is -0.492. The lowest BCUT2D eigenvalue weighted by Gasteiger charge is -2.31. The zero-order valence-electron chi connectivity index (χ0n) is 18.0. The molecular formula is C23H29F3N2O4. The van der Waals surface area contributed by atoms with Gasteiger partial charge in [-0.1, -0.05) is 60.7 Å². The molecule has 0 heterocycles. The molecule has 3 N–H and O–H groups in total. The number of rotatable bonds is 12. The average molecular weight is 454 g/mol. The van der Waals surface area contributed by atoms with E-state index in [1.54, 1.807) is 54.6 Å². The number of benzene rings is 2. The summed E-state index contributed by atoms with van der Waals surface area (Å²) in [6, 6.07) is 13.6. The standard InChI is InChI=1S/C23H29F3N2O4/c1-31-15-19(17-11-7-4-8-12-17)28-21(23(24,25)26)20(29)14-27-18(22(30)32-2)13-16-9-5-3-6-10-16/h3-12,18-21,27-29H,13-15H2,1-2H3/t18-,19-,20-,21+/m0/s1. The van der Waals surface area contributed by atoms with Crippen molar-refractivity contribution in [1.29, 1.82) is 0 Å². The number of aliphatic hydroxyl groups excluding tert-OH is 1. The minimum absolute atomic E-state index is 0.0183. The van der Waals surface area contributed by atoms with Crippen molar-refractivity contribution in [2.24, 2.45) is 0 Å². The van der Waals surface area contributed by atoms with Crippen LogP contribution in [-0.4, -0.2) is 62.8 Å². The van der Waals surface area contributed by atoms with Gasteiger partial charge in [-0.25, -0.2) is 0 Å². The van der Waals surface area contributed by atoms with Gasteiger partial charge in [-0.15, -0.1) is 0 Å². The third kappa shape index (κ3) is 7.90. The monoisotopic (exact) mass is 454 g/mol. The highest BCUT2D eigenvalue weighted by molar-refractivity contribution is 5.76. The number of carbonyl (C=O) groups is 1. The van der Waals surface area contributed by atoms with Crippen molar-refractivity contribution < 1.29 is 32.5 Å². The second-order valence-corrected chi connectivity index (χ2v) is 7.35. The number of carbonyl (C=O) groups excluding carboxylic acids is 1. The van der Waals surface area contributed by atoms with Gasteiger partial charge in [-0.3, -0.25) is 10.1 Å². The molecule has 0 aliphatic carbocycles. The summed E-state index contributed by atoms with van der Waals surface area (Å²) in [5.74, 6) is -0.626. The van der Waals surface area contributed by atoms with Crippen molar-refractivity contribution in [1.82, 2.24) is 10.6 Å². The number of aliphatic hydroxyl groups is 1. The van der Waals surface area contributed by atoms with Crippen LogP contribution in [0.25, 0.3) is 0 Å². The maximum Gasteiger partial charge on any atom is 0.406 e. The number of methoxy groups -OCH3 is 2. The molecule has 6 nitrogen and oxygen atoms in total. The van der Waals surface area contributed by atoms with E-state index in [2.05, 4.69) is 10.6 Å². The molecule has 0 spiro atoms. The van der Waals surface area contributed by atoms with Gasteiger partial charge in [0, 0.05) is 13.7 Å². The predicted molar refractivity (Wildman–Crippen MR) is 114 cm³/mol. The second kappa shape index (κ2) is 12.5. The van der Waals surface area contributed by atoms with Crippen LogP contribution in [-0.2, 0) is 20.7 Å². The van der Waals surface area contributed by atoms with Crippen LogP contribution in [0.1, 0.15) is 17.2 Å². The number of nitrogens with one attached hydrogen (secondary N) is 2. The molecule has 0 aliphatic heterocycles. The van der Waals surface area contributed by atoms with Gasteiger partial charge in [0.25, 0.3) is 0 Å². The summed E-state index contributed by atoms with van der Waals surface area (Å²) in [4.78, 5) is 12.1. The van der Waals surface area contributed by atoms with Gasteiger partial charge in [-0.05, 0) is 17.5 Å². The van der Waals surface area contributed by atoms with Gasteiger partial charge in [0.05, 0.1) is 25.9 Å². The van der Waals surface area contributed by atoms with Crippen LogP contribution >= 0.6 is 0 Å². The molecule has 0 bridgehead atoms. The first-order valence-electron chi connectivity index (χ1n) is 10.2. The Morgan fingerprint density at radius 3 is 2.16 bits per heavy atom. The summed E-state index contributed by atoms with van der Waals surface area (Å²) < 4.78 is 51.2. The van der Waals surface area contributed by atoms with Crippen molar-refractivity contribution in [3.05, 3.63) is 71.8 Å². The number of halogens is 3. The Labute approximate surface area is 185 Å². The summed E-state index contributed by atoms with van der Waals surface area (Å²) in [5, 5.41) is 15.6. The summed E-state index contributed by atoms with van der Waals surface area (Å²) >= 11 is 0. The number of esters is 1. The van der Waals surface area contributed by atoms with Crippen molar-refractivity contribution in [2.75, 3.05) is 27.4 Å². The van der Waals surface area contributed by atoms with E-state index in [1.165, 1.54) is 14.2 Å². The fraction of sp³-hybridized carbons (Fsp3) is 0.435. The lowest BCUT2D eigenvalue weighted by molar-refractivity contribution is -0.180. The molecule has 2 rings (SSSR count). The van der Waals surface area contributed by atoms with E-state index < -0.39 is 42.9 Å². The Morgan fingerprint density at radius 2 is 1.62 bits per heavy atom. The highest BCUT2D eigenvalue weighted by Gasteiger charge is 2.45. The summed E-state index contributed by atoms with van der Waals surface area (Å²) in [6.07, 6.45) is -6.39. The Balaban J connectivity index is 2.11. The van der Waals surface area contributed by atoms with Gasteiger partial charge in [0.2, 0.25) is 0 Å². The highest BCUT2D eigenvalue weighted by Crippen LogP contribution is 2.26. The maximum absolute atomic E-state index is 13.8. The molecule has 0 radical (unpaired) electrons. The summed E-state index contributed by atoms with van der Waals surface area (Å²) in [5.41, 5.74) is 1.40. The molecule has 0 saturated carbocycles. The van der Waals surface area contributed by atoms with E-state index in [-0.39, 0.29) is 13.0 Å². The molecule has 0 unspecified atom stereocenters. The third-order valence-electron chi connectivity index (χ3n) is 5.00. The van der Waals surface area contributed by atoms with Crippen LogP contribution in [0, 0.1) is 0 Å².